The van der Waals surface area contributed by atoms with Gasteiger partial charge in [-0.05, 0) is 23.8 Å². The van der Waals surface area contributed by atoms with Gasteiger partial charge < -0.3 is 15.0 Å². The van der Waals surface area contributed by atoms with E-state index in [0.29, 0.717) is 31.7 Å². The highest BCUT2D eigenvalue weighted by molar-refractivity contribution is 6.00. The first-order chi connectivity index (χ1) is 13.7. The van der Waals surface area contributed by atoms with E-state index in [1.165, 1.54) is 0 Å². The third-order valence-corrected chi connectivity index (χ3v) is 5.39. The van der Waals surface area contributed by atoms with Crippen molar-refractivity contribution < 1.29 is 14.3 Å². The lowest BCUT2D eigenvalue weighted by Gasteiger charge is -2.37. The average Bonchev–Trinajstić information content (AvgIpc) is 2.74. The Morgan fingerprint density at radius 1 is 1.00 bits per heavy atom. The van der Waals surface area contributed by atoms with Gasteiger partial charge in [0.15, 0.2) is 0 Å². The number of hydrogen-bond donors (Lipinski definition) is 1. The second-order valence-electron chi connectivity index (χ2n) is 7.22. The standard InChI is InChI=1S/C22H25N3O3/c26-21-19-9-5-4-6-17(19)16-20(23-21)22(27)25-12-10-24(11-13-25)14-15-28-18-7-2-1-3-8-18/h1-9,20H,10-16H2,(H,23,26). The summed E-state index contributed by atoms with van der Waals surface area (Å²) in [6.45, 7) is 4.47. The lowest BCUT2D eigenvalue weighted by molar-refractivity contribution is -0.135. The SMILES string of the molecule is O=C1NC(C(=O)N2CCN(CCOc3ccccc3)CC2)Cc2ccccc21. The fourth-order valence-corrected chi connectivity index (χ4v) is 3.80. The van der Waals surface area contributed by atoms with Gasteiger partial charge in [0.25, 0.3) is 5.91 Å². The van der Waals surface area contributed by atoms with Crippen LogP contribution in [0.5, 0.6) is 5.75 Å². The Kier molecular flexibility index (Phi) is 5.58. The van der Waals surface area contributed by atoms with Crippen LogP contribution in [0.3, 0.4) is 0 Å². The number of carbonyl (C=O) groups excluding carboxylic acids is 2. The molecule has 2 aliphatic heterocycles. The summed E-state index contributed by atoms with van der Waals surface area (Å²) in [6, 6.07) is 16.8. The molecular formula is C22H25N3O3. The van der Waals surface area contributed by atoms with Crippen LogP contribution >= 0.6 is 0 Å². The fraction of sp³-hybridized carbons (Fsp3) is 0.364. The second kappa shape index (κ2) is 8.44. The molecule has 0 saturated carbocycles. The number of para-hydroxylation sites is 1. The maximum Gasteiger partial charge on any atom is 0.252 e. The zero-order valence-corrected chi connectivity index (χ0v) is 15.8. The number of piperazine rings is 1. The van der Waals surface area contributed by atoms with E-state index < -0.39 is 6.04 Å². The molecule has 2 aromatic carbocycles. The van der Waals surface area contributed by atoms with Gasteiger partial charge in [-0.2, -0.15) is 0 Å². The molecule has 0 aromatic heterocycles. The van der Waals surface area contributed by atoms with Gasteiger partial charge in [0.2, 0.25) is 5.91 Å². The van der Waals surface area contributed by atoms with Crippen molar-refractivity contribution in [1.82, 2.24) is 15.1 Å². The van der Waals surface area contributed by atoms with E-state index in [-0.39, 0.29) is 11.8 Å². The minimum absolute atomic E-state index is 0.0167. The van der Waals surface area contributed by atoms with Crippen molar-refractivity contribution in [1.29, 1.82) is 0 Å². The maximum absolute atomic E-state index is 12.9. The number of fused-ring (bicyclic) bond motifs is 1. The smallest absolute Gasteiger partial charge is 0.252 e. The summed E-state index contributed by atoms with van der Waals surface area (Å²) in [5.74, 6) is 0.740. The second-order valence-corrected chi connectivity index (χ2v) is 7.22. The van der Waals surface area contributed by atoms with Crippen LogP contribution < -0.4 is 10.1 Å². The molecule has 1 atom stereocenters. The molecule has 0 aliphatic carbocycles. The number of benzene rings is 2. The molecule has 1 saturated heterocycles. The molecule has 2 aromatic rings. The van der Waals surface area contributed by atoms with Gasteiger partial charge in [-0.3, -0.25) is 14.5 Å². The van der Waals surface area contributed by atoms with Crippen LogP contribution in [0, 0.1) is 0 Å². The van der Waals surface area contributed by atoms with Gasteiger partial charge >= 0.3 is 0 Å². The quantitative estimate of drug-likeness (QED) is 0.857. The molecule has 0 radical (unpaired) electrons. The first-order valence-electron chi connectivity index (χ1n) is 9.78. The zero-order chi connectivity index (χ0) is 19.3. The third kappa shape index (κ3) is 4.17. The Morgan fingerprint density at radius 3 is 2.50 bits per heavy atom. The van der Waals surface area contributed by atoms with Crippen molar-refractivity contribution in [2.45, 2.75) is 12.5 Å². The average molecular weight is 379 g/mol. The van der Waals surface area contributed by atoms with Crippen LogP contribution in [-0.4, -0.2) is 67.0 Å². The lowest BCUT2D eigenvalue weighted by Crippen LogP contribution is -2.57. The maximum atomic E-state index is 12.9. The van der Waals surface area contributed by atoms with Crippen LogP contribution in [0.2, 0.25) is 0 Å². The number of carbonyl (C=O) groups is 2. The number of ether oxygens (including phenoxy) is 1. The van der Waals surface area contributed by atoms with Crippen molar-refractivity contribution in [3.8, 4) is 5.75 Å². The van der Waals surface area contributed by atoms with E-state index >= 15 is 0 Å². The van der Waals surface area contributed by atoms with Gasteiger partial charge in [0.05, 0.1) is 0 Å². The molecule has 1 fully saturated rings. The van der Waals surface area contributed by atoms with Gasteiger partial charge in [-0.25, -0.2) is 0 Å². The molecule has 0 spiro atoms. The van der Waals surface area contributed by atoms with E-state index in [1.54, 1.807) is 0 Å². The van der Waals surface area contributed by atoms with Crippen molar-refractivity contribution in [3.63, 3.8) is 0 Å². The zero-order valence-electron chi connectivity index (χ0n) is 15.8. The Labute approximate surface area is 165 Å². The molecule has 0 bridgehead atoms. The molecule has 28 heavy (non-hydrogen) atoms. The van der Waals surface area contributed by atoms with Crippen molar-refractivity contribution in [3.05, 3.63) is 65.7 Å². The first kappa shape index (κ1) is 18.5. The predicted molar refractivity (Wildman–Crippen MR) is 106 cm³/mol. The normalized spacial score (nSPS) is 19.6. The molecule has 6 heteroatoms. The summed E-state index contributed by atoms with van der Waals surface area (Å²) in [5.41, 5.74) is 1.62. The molecule has 6 nitrogen and oxygen atoms in total. The summed E-state index contributed by atoms with van der Waals surface area (Å²) in [5, 5.41) is 2.87. The van der Waals surface area contributed by atoms with E-state index in [0.717, 1.165) is 30.9 Å². The number of nitrogens with zero attached hydrogens (tertiary/aromatic N) is 2. The highest BCUT2D eigenvalue weighted by Crippen LogP contribution is 2.18. The van der Waals surface area contributed by atoms with Gasteiger partial charge in [-0.15, -0.1) is 0 Å². The minimum Gasteiger partial charge on any atom is -0.492 e. The Hall–Kier alpha value is -2.86. The molecule has 146 valence electrons. The number of nitrogens with one attached hydrogen (secondary N) is 1. The summed E-state index contributed by atoms with van der Waals surface area (Å²) in [7, 11) is 0. The van der Waals surface area contributed by atoms with Crippen molar-refractivity contribution in [2.24, 2.45) is 0 Å². The van der Waals surface area contributed by atoms with Crippen LogP contribution in [0.15, 0.2) is 54.6 Å². The lowest BCUT2D eigenvalue weighted by atomic mass is 9.94. The molecule has 4 rings (SSSR count). The van der Waals surface area contributed by atoms with Crippen molar-refractivity contribution in [2.75, 3.05) is 39.3 Å². The molecule has 1 N–H and O–H groups in total. The first-order valence-corrected chi connectivity index (χ1v) is 9.78. The Morgan fingerprint density at radius 2 is 1.71 bits per heavy atom. The predicted octanol–water partition coefficient (Wildman–Crippen LogP) is 1.56. The molecular weight excluding hydrogens is 354 g/mol. The van der Waals surface area contributed by atoms with Crippen molar-refractivity contribution >= 4 is 11.8 Å². The van der Waals surface area contributed by atoms with E-state index in [1.807, 2.05) is 59.5 Å². The van der Waals surface area contributed by atoms with E-state index in [2.05, 4.69) is 10.2 Å². The topological polar surface area (TPSA) is 61.9 Å². The largest absolute Gasteiger partial charge is 0.492 e. The summed E-state index contributed by atoms with van der Waals surface area (Å²) in [4.78, 5) is 29.3. The number of amides is 2. The molecule has 2 heterocycles. The van der Waals surface area contributed by atoms with Crippen LogP contribution in [0.4, 0.5) is 0 Å². The monoisotopic (exact) mass is 379 g/mol. The highest BCUT2D eigenvalue weighted by Gasteiger charge is 2.32. The van der Waals surface area contributed by atoms with Crippen LogP contribution in [0.1, 0.15) is 15.9 Å². The van der Waals surface area contributed by atoms with E-state index in [9.17, 15) is 9.59 Å². The third-order valence-electron chi connectivity index (χ3n) is 5.39. The number of rotatable bonds is 5. The summed E-state index contributed by atoms with van der Waals surface area (Å²) >= 11 is 0. The van der Waals surface area contributed by atoms with Gasteiger partial charge in [0, 0.05) is 44.7 Å². The summed E-state index contributed by atoms with van der Waals surface area (Å²) < 4.78 is 5.75. The van der Waals surface area contributed by atoms with Gasteiger partial charge in [-0.1, -0.05) is 36.4 Å². The Bertz CT molecular complexity index is 832. The van der Waals surface area contributed by atoms with Gasteiger partial charge in [0.1, 0.15) is 18.4 Å². The highest BCUT2D eigenvalue weighted by atomic mass is 16.5. The Balaban J connectivity index is 1.25. The molecule has 1 unspecified atom stereocenters. The van der Waals surface area contributed by atoms with Crippen LogP contribution in [0.25, 0.3) is 0 Å². The number of hydrogen-bond acceptors (Lipinski definition) is 4. The van der Waals surface area contributed by atoms with E-state index in [4.69, 9.17) is 4.74 Å². The molecule has 2 aliphatic rings. The minimum atomic E-state index is -0.463. The molecule has 2 amide bonds. The van der Waals surface area contributed by atoms with Crippen LogP contribution in [-0.2, 0) is 11.2 Å². The summed E-state index contributed by atoms with van der Waals surface area (Å²) in [6.07, 6.45) is 0.561. The fourth-order valence-electron chi connectivity index (χ4n) is 3.80.